The Labute approximate surface area is 122 Å². The van der Waals surface area contributed by atoms with Crippen molar-refractivity contribution in [3.8, 4) is 0 Å². The summed E-state index contributed by atoms with van der Waals surface area (Å²) in [5.74, 6) is 0.00639. The molecule has 0 radical (unpaired) electrons. The molecule has 114 valence electrons. The highest BCUT2D eigenvalue weighted by molar-refractivity contribution is 7.99. The number of carboxylic acids is 1. The van der Waals surface area contributed by atoms with Gasteiger partial charge < -0.3 is 19.1 Å². The first-order valence-electron chi connectivity index (χ1n) is 6.52. The number of hydrogen-bond acceptors (Lipinski definition) is 6. The molecule has 20 heavy (non-hydrogen) atoms. The number of rotatable bonds is 11. The monoisotopic (exact) mass is 303 g/mol. The van der Waals surface area contributed by atoms with E-state index in [1.807, 2.05) is 11.5 Å². The average Bonchev–Trinajstić information content (AvgIpc) is 2.82. The molecule has 8 heteroatoms. The zero-order valence-corrected chi connectivity index (χ0v) is 12.7. The van der Waals surface area contributed by atoms with Crippen LogP contribution < -0.4 is 0 Å². The molecule has 0 spiro atoms. The van der Waals surface area contributed by atoms with Crippen molar-refractivity contribution in [2.45, 2.75) is 31.5 Å². The summed E-state index contributed by atoms with van der Waals surface area (Å²) in [6.07, 6.45) is 1.60. The molecule has 0 atom stereocenters. The van der Waals surface area contributed by atoms with E-state index in [2.05, 4.69) is 10.2 Å². The largest absolute Gasteiger partial charge is 0.481 e. The minimum Gasteiger partial charge on any atom is -0.481 e. The van der Waals surface area contributed by atoms with Crippen LogP contribution in [0.5, 0.6) is 0 Å². The molecule has 0 aromatic carbocycles. The molecule has 7 nitrogen and oxygen atoms in total. The van der Waals surface area contributed by atoms with Crippen molar-refractivity contribution < 1.29 is 19.4 Å². The number of thioether (sulfide) groups is 1. The summed E-state index contributed by atoms with van der Waals surface area (Å²) in [7, 11) is 1.64. The highest BCUT2D eigenvalue weighted by Crippen LogP contribution is 2.17. The maximum atomic E-state index is 10.6. The van der Waals surface area contributed by atoms with Crippen LogP contribution in [0.2, 0.25) is 0 Å². The third-order valence-corrected chi connectivity index (χ3v) is 3.49. The van der Waals surface area contributed by atoms with Gasteiger partial charge in [0.05, 0.1) is 19.0 Å². The second-order valence-corrected chi connectivity index (χ2v) is 4.99. The normalized spacial score (nSPS) is 10.9. The average molecular weight is 303 g/mol. The summed E-state index contributed by atoms with van der Waals surface area (Å²) in [6, 6.07) is 0. The summed E-state index contributed by atoms with van der Waals surface area (Å²) < 4.78 is 12.3. The second-order valence-electron chi connectivity index (χ2n) is 4.05. The van der Waals surface area contributed by atoms with Gasteiger partial charge in [-0.1, -0.05) is 18.7 Å². The van der Waals surface area contributed by atoms with Crippen LogP contribution in [0.3, 0.4) is 0 Å². The standard InChI is InChI=1S/C12H21N3O4S/c1-3-10-13-14-12(20-9-11(16)17)15(10)5-4-6-19-8-7-18-2/h3-9H2,1-2H3,(H,16,17). The number of hydrogen-bond donors (Lipinski definition) is 1. The van der Waals surface area contributed by atoms with Gasteiger partial charge in [-0.25, -0.2) is 0 Å². The van der Waals surface area contributed by atoms with Gasteiger partial charge in [0.15, 0.2) is 5.16 Å². The van der Waals surface area contributed by atoms with Crippen LogP contribution in [0.25, 0.3) is 0 Å². The van der Waals surface area contributed by atoms with Crippen LogP contribution in [0.4, 0.5) is 0 Å². The molecular weight excluding hydrogens is 282 g/mol. The first-order valence-corrected chi connectivity index (χ1v) is 7.51. The fourth-order valence-corrected chi connectivity index (χ4v) is 2.31. The lowest BCUT2D eigenvalue weighted by atomic mass is 10.4. The lowest BCUT2D eigenvalue weighted by Gasteiger charge is -2.09. The SMILES string of the molecule is CCc1nnc(SCC(=O)O)n1CCCOCCOC. The van der Waals surface area contributed by atoms with Crippen molar-refractivity contribution >= 4 is 17.7 Å². The van der Waals surface area contributed by atoms with E-state index < -0.39 is 5.97 Å². The molecule has 1 rings (SSSR count). The molecule has 0 amide bonds. The zero-order valence-electron chi connectivity index (χ0n) is 11.9. The number of carboxylic acid groups (broad SMARTS) is 1. The van der Waals surface area contributed by atoms with E-state index in [0.29, 0.717) is 25.0 Å². The highest BCUT2D eigenvalue weighted by Gasteiger charge is 2.12. The number of carbonyl (C=O) groups is 1. The van der Waals surface area contributed by atoms with E-state index in [1.54, 1.807) is 7.11 Å². The Balaban J connectivity index is 2.44. The van der Waals surface area contributed by atoms with E-state index in [0.717, 1.165) is 25.2 Å². The van der Waals surface area contributed by atoms with Gasteiger partial charge in [-0.2, -0.15) is 0 Å². The fraction of sp³-hybridized carbons (Fsp3) is 0.750. The van der Waals surface area contributed by atoms with Crippen molar-refractivity contribution in [3.05, 3.63) is 5.82 Å². The zero-order chi connectivity index (χ0) is 14.8. The van der Waals surface area contributed by atoms with Gasteiger partial charge in [-0.3, -0.25) is 4.79 Å². The molecule has 1 aromatic rings. The Morgan fingerprint density at radius 3 is 2.80 bits per heavy atom. The van der Waals surface area contributed by atoms with Crippen molar-refractivity contribution in [3.63, 3.8) is 0 Å². The molecule has 0 aliphatic rings. The van der Waals surface area contributed by atoms with Gasteiger partial charge in [0.1, 0.15) is 5.82 Å². The van der Waals surface area contributed by atoms with E-state index in [1.165, 1.54) is 11.8 Å². The highest BCUT2D eigenvalue weighted by atomic mass is 32.2. The van der Waals surface area contributed by atoms with Crippen LogP contribution in [0, 0.1) is 0 Å². The molecule has 0 bridgehead atoms. The van der Waals surface area contributed by atoms with Gasteiger partial charge in [-0.05, 0) is 6.42 Å². The van der Waals surface area contributed by atoms with Crippen LogP contribution >= 0.6 is 11.8 Å². The minimum absolute atomic E-state index is 0.00775. The van der Waals surface area contributed by atoms with E-state index in [4.69, 9.17) is 14.6 Å². The number of aromatic nitrogens is 3. The molecule has 0 saturated heterocycles. The lowest BCUT2D eigenvalue weighted by molar-refractivity contribution is -0.133. The van der Waals surface area contributed by atoms with Gasteiger partial charge in [-0.15, -0.1) is 10.2 Å². The van der Waals surface area contributed by atoms with Gasteiger partial charge in [0, 0.05) is 26.7 Å². The Morgan fingerprint density at radius 2 is 2.15 bits per heavy atom. The van der Waals surface area contributed by atoms with Crippen LogP contribution in [-0.4, -0.2) is 58.5 Å². The minimum atomic E-state index is -0.856. The molecular formula is C12H21N3O4S. The summed E-state index contributed by atoms with van der Waals surface area (Å²) in [6.45, 7) is 4.53. The van der Waals surface area contributed by atoms with E-state index in [-0.39, 0.29) is 5.75 Å². The quantitative estimate of drug-likeness (QED) is 0.483. The molecule has 0 unspecified atom stereocenters. The predicted molar refractivity (Wildman–Crippen MR) is 75.1 cm³/mol. The topological polar surface area (TPSA) is 86.5 Å². The van der Waals surface area contributed by atoms with Crippen molar-refractivity contribution in [2.75, 3.05) is 32.7 Å². The maximum Gasteiger partial charge on any atom is 0.313 e. The Kier molecular flexibility index (Phi) is 8.24. The first kappa shape index (κ1) is 16.9. The fourth-order valence-electron chi connectivity index (χ4n) is 1.61. The van der Waals surface area contributed by atoms with Crippen LogP contribution in [0.1, 0.15) is 19.2 Å². The Bertz CT molecular complexity index is 411. The molecule has 1 aromatic heterocycles. The molecule has 0 aliphatic carbocycles. The number of nitrogens with zero attached hydrogens (tertiary/aromatic N) is 3. The predicted octanol–water partition coefficient (Wildman–Crippen LogP) is 1.07. The van der Waals surface area contributed by atoms with E-state index in [9.17, 15) is 4.79 Å². The van der Waals surface area contributed by atoms with Crippen molar-refractivity contribution in [2.24, 2.45) is 0 Å². The first-order chi connectivity index (χ1) is 9.69. The molecule has 0 saturated carbocycles. The molecule has 0 fully saturated rings. The number of aliphatic carboxylic acids is 1. The van der Waals surface area contributed by atoms with Gasteiger partial charge >= 0.3 is 5.97 Å². The van der Waals surface area contributed by atoms with Crippen molar-refractivity contribution in [1.82, 2.24) is 14.8 Å². The number of ether oxygens (including phenoxy) is 2. The number of methoxy groups -OCH3 is 1. The van der Waals surface area contributed by atoms with Gasteiger partial charge in [0.2, 0.25) is 0 Å². The second kappa shape index (κ2) is 9.73. The van der Waals surface area contributed by atoms with Crippen LogP contribution in [-0.2, 0) is 27.2 Å². The number of aryl methyl sites for hydroxylation is 1. The summed E-state index contributed by atoms with van der Waals surface area (Å²) >= 11 is 1.19. The Morgan fingerprint density at radius 1 is 1.35 bits per heavy atom. The summed E-state index contributed by atoms with van der Waals surface area (Å²) in [5, 5.41) is 17.5. The van der Waals surface area contributed by atoms with Gasteiger partial charge in [0.25, 0.3) is 0 Å². The lowest BCUT2D eigenvalue weighted by Crippen LogP contribution is -2.10. The Hall–Kier alpha value is -1.12. The van der Waals surface area contributed by atoms with E-state index >= 15 is 0 Å². The summed E-state index contributed by atoms with van der Waals surface area (Å²) in [5.41, 5.74) is 0. The third-order valence-electron chi connectivity index (χ3n) is 2.54. The molecule has 0 aliphatic heterocycles. The molecule has 1 heterocycles. The van der Waals surface area contributed by atoms with Crippen molar-refractivity contribution in [1.29, 1.82) is 0 Å². The third kappa shape index (κ3) is 5.89. The van der Waals surface area contributed by atoms with Crippen LogP contribution in [0.15, 0.2) is 5.16 Å². The molecule has 1 N–H and O–H groups in total. The smallest absolute Gasteiger partial charge is 0.313 e. The maximum absolute atomic E-state index is 10.6. The summed E-state index contributed by atoms with van der Waals surface area (Å²) in [4.78, 5) is 10.6.